The van der Waals surface area contributed by atoms with E-state index in [1.54, 1.807) is 23.1 Å². The largest absolute Gasteiger partial charge is 0.507 e. The van der Waals surface area contributed by atoms with E-state index in [1.165, 1.54) is 0 Å². The second-order valence-corrected chi connectivity index (χ2v) is 4.55. The topological polar surface area (TPSA) is 66.6 Å². The van der Waals surface area contributed by atoms with Gasteiger partial charge < -0.3 is 15.7 Å². The van der Waals surface area contributed by atoms with Crippen LogP contribution in [0.1, 0.15) is 28.8 Å². The zero-order valence-corrected chi connectivity index (χ0v) is 10.0. The molecule has 1 aliphatic rings. The molecule has 0 aliphatic carbocycles. The van der Waals surface area contributed by atoms with E-state index in [1.807, 2.05) is 6.92 Å². The Hall–Kier alpha value is -1.55. The molecular weight excluding hydrogens is 216 g/mol. The molecule has 2 rings (SSSR count). The third kappa shape index (κ3) is 2.26. The number of carbonyl (C=O) groups excluding carboxylic acids is 1. The molecule has 4 heteroatoms. The highest BCUT2D eigenvalue weighted by molar-refractivity contribution is 5.97. The van der Waals surface area contributed by atoms with Gasteiger partial charge in [0.1, 0.15) is 5.75 Å². The Morgan fingerprint density at radius 1 is 1.59 bits per heavy atom. The first-order chi connectivity index (χ1) is 8.13. The van der Waals surface area contributed by atoms with E-state index in [0.717, 1.165) is 24.9 Å². The van der Waals surface area contributed by atoms with Crippen LogP contribution in [0.25, 0.3) is 0 Å². The van der Waals surface area contributed by atoms with Crippen molar-refractivity contribution in [3.8, 4) is 5.75 Å². The van der Waals surface area contributed by atoms with Crippen LogP contribution in [0.3, 0.4) is 0 Å². The van der Waals surface area contributed by atoms with Gasteiger partial charge in [-0.1, -0.05) is 11.6 Å². The van der Waals surface area contributed by atoms with E-state index in [-0.39, 0.29) is 17.7 Å². The Morgan fingerprint density at radius 2 is 2.35 bits per heavy atom. The van der Waals surface area contributed by atoms with E-state index in [2.05, 4.69) is 0 Å². The average Bonchev–Trinajstić information content (AvgIpc) is 2.79. The average molecular weight is 234 g/mol. The number of nitrogens with zero attached hydrogens (tertiary/aromatic N) is 1. The van der Waals surface area contributed by atoms with E-state index in [0.29, 0.717) is 12.1 Å². The molecule has 0 aromatic heterocycles. The molecule has 1 aromatic carbocycles. The first-order valence-electron chi connectivity index (χ1n) is 5.94. The number of phenolic OH excluding ortho intramolecular Hbond substituents is 1. The summed E-state index contributed by atoms with van der Waals surface area (Å²) in [5.41, 5.74) is 7.00. The Balaban J connectivity index is 2.27. The van der Waals surface area contributed by atoms with Crippen LogP contribution in [0.4, 0.5) is 0 Å². The predicted molar refractivity (Wildman–Crippen MR) is 66.0 cm³/mol. The minimum atomic E-state index is -0.112. The normalized spacial score (nSPS) is 19.6. The van der Waals surface area contributed by atoms with Gasteiger partial charge in [-0.25, -0.2) is 0 Å². The van der Waals surface area contributed by atoms with Gasteiger partial charge in [-0.2, -0.15) is 0 Å². The fourth-order valence-electron chi connectivity index (χ4n) is 2.32. The zero-order chi connectivity index (χ0) is 12.4. The molecular formula is C13H18N2O2. The zero-order valence-electron chi connectivity index (χ0n) is 10.0. The molecule has 0 bridgehead atoms. The smallest absolute Gasteiger partial charge is 0.257 e. The summed E-state index contributed by atoms with van der Waals surface area (Å²) in [4.78, 5) is 14.1. The maximum atomic E-state index is 12.3. The van der Waals surface area contributed by atoms with Gasteiger partial charge in [0.25, 0.3) is 5.91 Å². The number of aromatic hydroxyl groups is 1. The molecule has 1 fully saturated rings. The van der Waals surface area contributed by atoms with E-state index in [4.69, 9.17) is 5.73 Å². The standard InChI is InChI=1S/C13H18N2O2/c1-9-4-5-12(16)11(7-9)13(17)15-6-2-3-10(15)8-14/h4-5,7,10,16H,2-3,6,8,14H2,1H3. The van der Waals surface area contributed by atoms with Crippen molar-refractivity contribution in [2.45, 2.75) is 25.8 Å². The summed E-state index contributed by atoms with van der Waals surface area (Å²) in [5, 5.41) is 9.75. The third-order valence-corrected chi connectivity index (χ3v) is 3.29. The number of hydrogen-bond acceptors (Lipinski definition) is 3. The number of rotatable bonds is 2. The van der Waals surface area contributed by atoms with Crippen LogP contribution < -0.4 is 5.73 Å². The molecule has 0 spiro atoms. The first kappa shape index (κ1) is 11.9. The molecule has 92 valence electrons. The number of phenols is 1. The molecule has 17 heavy (non-hydrogen) atoms. The molecule has 0 radical (unpaired) electrons. The lowest BCUT2D eigenvalue weighted by Gasteiger charge is -2.24. The summed E-state index contributed by atoms with van der Waals surface area (Å²) >= 11 is 0. The number of amides is 1. The van der Waals surface area contributed by atoms with Gasteiger partial charge in [0, 0.05) is 19.1 Å². The lowest BCUT2D eigenvalue weighted by atomic mass is 10.1. The summed E-state index contributed by atoms with van der Waals surface area (Å²) in [6, 6.07) is 5.19. The number of nitrogens with two attached hydrogens (primary N) is 1. The van der Waals surface area contributed by atoms with Crippen molar-refractivity contribution in [1.29, 1.82) is 0 Å². The Kier molecular flexibility index (Phi) is 3.33. The van der Waals surface area contributed by atoms with Gasteiger partial charge >= 0.3 is 0 Å². The molecule has 3 N–H and O–H groups in total. The van der Waals surface area contributed by atoms with Crippen LogP contribution in [0.5, 0.6) is 5.75 Å². The highest BCUT2D eigenvalue weighted by Gasteiger charge is 2.29. The molecule has 1 aliphatic heterocycles. The van der Waals surface area contributed by atoms with E-state index < -0.39 is 0 Å². The third-order valence-electron chi connectivity index (χ3n) is 3.29. The molecule has 1 unspecified atom stereocenters. The maximum Gasteiger partial charge on any atom is 0.257 e. The van der Waals surface area contributed by atoms with Crippen LogP contribution in [0, 0.1) is 6.92 Å². The second kappa shape index (κ2) is 4.75. The second-order valence-electron chi connectivity index (χ2n) is 4.55. The Bertz CT molecular complexity index is 431. The van der Waals surface area contributed by atoms with Gasteiger partial charge in [0.15, 0.2) is 0 Å². The van der Waals surface area contributed by atoms with Crippen molar-refractivity contribution >= 4 is 5.91 Å². The van der Waals surface area contributed by atoms with Gasteiger partial charge in [-0.15, -0.1) is 0 Å². The van der Waals surface area contributed by atoms with Gasteiger partial charge in [-0.05, 0) is 31.9 Å². The number of hydrogen-bond donors (Lipinski definition) is 2. The Labute approximate surface area is 101 Å². The van der Waals surface area contributed by atoms with Crippen molar-refractivity contribution < 1.29 is 9.90 Å². The van der Waals surface area contributed by atoms with Gasteiger partial charge in [-0.3, -0.25) is 4.79 Å². The summed E-state index contributed by atoms with van der Waals surface area (Å²) in [7, 11) is 0. The minimum Gasteiger partial charge on any atom is -0.507 e. The fourth-order valence-corrected chi connectivity index (χ4v) is 2.32. The van der Waals surface area contributed by atoms with Crippen LogP contribution in [-0.2, 0) is 0 Å². The molecule has 0 saturated carbocycles. The molecule has 1 aromatic rings. The van der Waals surface area contributed by atoms with Crippen molar-refractivity contribution in [3.05, 3.63) is 29.3 Å². The molecule has 1 atom stereocenters. The monoisotopic (exact) mass is 234 g/mol. The number of carbonyl (C=O) groups is 1. The quantitative estimate of drug-likeness (QED) is 0.809. The lowest BCUT2D eigenvalue weighted by molar-refractivity contribution is 0.0738. The summed E-state index contributed by atoms with van der Waals surface area (Å²) in [6.45, 7) is 3.12. The molecule has 1 heterocycles. The summed E-state index contributed by atoms with van der Waals surface area (Å²) in [6.07, 6.45) is 1.94. The van der Waals surface area contributed by atoms with Crippen molar-refractivity contribution in [3.63, 3.8) is 0 Å². The van der Waals surface area contributed by atoms with Crippen LogP contribution in [0.2, 0.25) is 0 Å². The lowest BCUT2D eigenvalue weighted by Crippen LogP contribution is -2.39. The van der Waals surface area contributed by atoms with E-state index in [9.17, 15) is 9.90 Å². The minimum absolute atomic E-state index is 0.0447. The maximum absolute atomic E-state index is 12.3. The molecule has 4 nitrogen and oxygen atoms in total. The van der Waals surface area contributed by atoms with Crippen molar-refractivity contribution in [2.75, 3.05) is 13.1 Å². The number of benzene rings is 1. The SMILES string of the molecule is Cc1ccc(O)c(C(=O)N2CCCC2CN)c1. The van der Waals surface area contributed by atoms with E-state index >= 15 is 0 Å². The fraction of sp³-hybridized carbons (Fsp3) is 0.462. The van der Waals surface area contributed by atoms with Crippen molar-refractivity contribution in [2.24, 2.45) is 5.73 Å². The van der Waals surface area contributed by atoms with Crippen LogP contribution in [0.15, 0.2) is 18.2 Å². The number of aryl methyl sites for hydroxylation is 1. The first-order valence-corrected chi connectivity index (χ1v) is 5.94. The number of likely N-dealkylation sites (tertiary alicyclic amines) is 1. The molecule has 1 amide bonds. The van der Waals surface area contributed by atoms with Crippen LogP contribution in [-0.4, -0.2) is 35.0 Å². The summed E-state index contributed by atoms with van der Waals surface area (Å²) < 4.78 is 0. The molecule has 1 saturated heterocycles. The van der Waals surface area contributed by atoms with Crippen LogP contribution >= 0.6 is 0 Å². The highest BCUT2D eigenvalue weighted by atomic mass is 16.3. The Morgan fingerprint density at radius 3 is 3.06 bits per heavy atom. The van der Waals surface area contributed by atoms with Gasteiger partial charge in [0.05, 0.1) is 5.56 Å². The predicted octanol–water partition coefficient (Wildman–Crippen LogP) is 1.26. The van der Waals surface area contributed by atoms with Crippen molar-refractivity contribution in [1.82, 2.24) is 4.90 Å². The highest BCUT2D eigenvalue weighted by Crippen LogP contribution is 2.24. The summed E-state index contributed by atoms with van der Waals surface area (Å²) in [5.74, 6) is -0.0672. The van der Waals surface area contributed by atoms with Gasteiger partial charge in [0.2, 0.25) is 0 Å².